The molecular weight excluding hydrogens is 749 g/mol. The molecule has 8 nitrogen and oxygen atoms in total. The highest BCUT2D eigenvalue weighted by atomic mass is 28.4. The van der Waals surface area contributed by atoms with Crippen molar-refractivity contribution in [2.24, 2.45) is 5.92 Å². The highest BCUT2D eigenvalue weighted by Crippen LogP contribution is 2.43. The summed E-state index contributed by atoms with van der Waals surface area (Å²) in [7, 11) is -3.21. The summed E-state index contributed by atoms with van der Waals surface area (Å²) in [6, 6.07) is 30.5. The van der Waals surface area contributed by atoms with Gasteiger partial charge in [0.05, 0.1) is 24.1 Å². The molecule has 0 aliphatic carbocycles. The minimum Gasteiger partial charge on any atom is -0.461 e. The van der Waals surface area contributed by atoms with Crippen molar-refractivity contribution in [3.8, 4) is 17.3 Å². The lowest BCUT2D eigenvalue weighted by molar-refractivity contribution is 0.108. The Morgan fingerprint density at radius 3 is 2.28 bits per heavy atom. The zero-order chi connectivity index (χ0) is 39.9. The Balaban J connectivity index is 1.06. The van der Waals surface area contributed by atoms with Crippen LogP contribution in [0, 0.1) is 17.6 Å². The fraction of sp³-hybridized carbons (Fsp3) is 0.383. The van der Waals surface area contributed by atoms with Crippen LogP contribution in [0.3, 0.4) is 0 Å². The first-order chi connectivity index (χ1) is 28.2. The van der Waals surface area contributed by atoms with Gasteiger partial charge in [-0.15, -0.1) is 0 Å². The van der Waals surface area contributed by atoms with E-state index in [9.17, 15) is 4.80 Å². The second kappa shape index (κ2) is 15.7. The summed E-state index contributed by atoms with van der Waals surface area (Å²) in [5, 5.41) is 2.99. The molecule has 5 heterocycles. The highest BCUT2D eigenvalue weighted by Gasteiger charge is 2.50. The largest absolute Gasteiger partial charge is 0.461 e. The number of aromatic nitrogens is 3. The van der Waals surface area contributed by atoms with E-state index in [-0.39, 0.29) is 28.7 Å². The Kier molecular flexibility index (Phi) is 10.5. The molecule has 9 rings (SSSR count). The van der Waals surface area contributed by atoms with Gasteiger partial charge in [0, 0.05) is 30.2 Å². The van der Waals surface area contributed by atoms with Gasteiger partial charge in [0.25, 0.3) is 8.32 Å². The molecule has 6 aromatic rings. The van der Waals surface area contributed by atoms with Gasteiger partial charge >= 0.3 is 6.01 Å². The van der Waals surface area contributed by atoms with Crippen LogP contribution in [-0.2, 0) is 4.74 Å². The quantitative estimate of drug-likeness (QED) is 0.133. The molecule has 3 saturated heterocycles. The van der Waals surface area contributed by atoms with Gasteiger partial charge in [0.1, 0.15) is 29.5 Å². The first-order valence-corrected chi connectivity index (χ1v) is 22.7. The Morgan fingerprint density at radius 2 is 1.57 bits per heavy atom. The van der Waals surface area contributed by atoms with Gasteiger partial charge in [-0.05, 0) is 84.4 Å². The predicted octanol–water partition coefficient (Wildman–Crippen LogP) is 7.90. The van der Waals surface area contributed by atoms with E-state index in [1.165, 1.54) is 6.07 Å². The molecule has 0 spiro atoms. The summed E-state index contributed by atoms with van der Waals surface area (Å²) in [4.78, 5) is 31.9. The molecule has 1 atom stereocenters. The van der Waals surface area contributed by atoms with Crippen LogP contribution in [0.25, 0.3) is 32.9 Å². The first kappa shape index (κ1) is 38.7. The molecule has 1 N–H and O–H groups in total. The van der Waals surface area contributed by atoms with Crippen LogP contribution in [0.15, 0.2) is 103 Å². The minimum atomic E-state index is -3.21. The van der Waals surface area contributed by atoms with E-state index >= 15 is 8.78 Å². The number of anilines is 1. The fourth-order valence-corrected chi connectivity index (χ4v) is 13.7. The molecule has 3 fully saturated rings. The maximum Gasteiger partial charge on any atom is 0.319 e. The van der Waals surface area contributed by atoms with Crippen molar-refractivity contribution < 1.29 is 23.1 Å². The van der Waals surface area contributed by atoms with Crippen molar-refractivity contribution in [2.45, 2.75) is 62.9 Å². The number of nitrogens with zero attached hydrogens (tertiary/aromatic N) is 5. The maximum atomic E-state index is 17.1. The van der Waals surface area contributed by atoms with E-state index in [2.05, 4.69) is 52.9 Å². The topological polar surface area (TPSA) is 83.8 Å². The van der Waals surface area contributed by atoms with Crippen LogP contribution in [0.1, 0.15) is 52.4 Å². The van der Waals surface area contributed by atoms with Crippen molar-refractivity contribution in [3.63, 3.8) is 0 Å². The second-order valence-electron chi connectivity index (χ2n) is 17.1. The monoisotopic (exact) mass is 799 g/mol. The van der Waals surface area contributed by atoms with Gasteiger partial charge < -0.3 is 19.2 Å². The SMILES string of the molecule is CC(C)(CCC1COCCN(c2nc(OCC34CCCN3CCC4)nc3c(F)c(-c4cccc5cccc(F)c45)ncc23)C1)[Si](O)(c1ccccc1)c1ccccc1. The summed E-state index contributed by atoms with van der Waals surface area (Å²) in [6.45, 7) is 9.09. The number of hydrogen-bond donors (Lipinski definition) is 1. The molecule has 11 heteroatoms. The van der Waals surface area contributed by atoms with Crippen LogP contribution >= 0.6 is 0 Å². The number of benzene rings is 4. The zero-order valence-corrected chi connectivity index (χ0v) is 34.3. The van der Waals surface area contributed by atoms with Gasteiger partial charge in [-0.25, -0.2) is 8.78 Å². The Bertz CT molecular complexity index is 2360. The maximum absolute atomic E-state index is 17.1. The normalized spacial score (nSPS) is 18.8. The van der Waals surface area contributed by atoms with Crippen molar-refractivity contribution >= 4 is 46.2 Å². The summed E-state index contributed by atoms with van der Waals surface area (Å²) < 4.78 is 45.2. The third-order valence-corrected chi connectivity index (χ3v) is 17.8. The van der Waals surface area contributed by atoms with Gasteiger partial charge in [-0.2, -0.15) is 9.97 Å². The Labute approximate surface area is 340 Å². The number of hydrogen-bond acceptors (Lipinski definition) is 8. The van der Waals surface area contributed by atoms with Crippen LogP contribution in [0.4, 0.5) is 14.6 Å². The molecule has 0 radical (unpaired) electrons. The number of pyridine rings is 1. The van der Waals surface area contributed by atoms with E-state index in [4.69, 9.17) is 19.4 Å². The lowest BCUT2D eigenvalue weighted by atomic mass is 9.95. The van der Waals surface area contributed by atoms with Crippen LogP contribution in [0.2, 0.25) is 5.04 Å². The van der Waals surface area contributed by atoms with Crippen LogP contribution < -0.4 is 20.0 Å². The summed E-state index contributed by atoms with van der Waals surface area (Å²) in [5.74, 6) is -0.436. The number of halogens is 2. The van der Waals surface area contributed by atoms with Gasteiger partial charge in [-0.3, -0.25) is 9.88 Å². The fourth-order valence-electron chi connectivity index (χ4n) is 9.97. The van der Waals surface area contributed by atoms with E-state index < -0.39 is 25.0 Å². The van der Waals surface area contributed by atoms with Gasteiger partial charge in [0.2, 0.25) is 0 Å². The van der Waals surface area contributed by atoms with Gasteiger partial charge in [-0.1, -0.05) is 105 Å². The highest BCUT2D eigenvalue weighted by molar-refractivity contribution is 6.98. The molecule has 4 aromatic carbocycles. The van der Waals surface area contributed by atoms with E-state index in [0.717, 1.165) is 62.0 Å². The molecule has 0 amide bonds. The van der Waals surface area contributed by atoms with Crippen molar-refractivity contribution in [1.82, 2.24) is 19.9 Å². The third kappa shape index (κ3) is 6.95. The third-order valence-electron chi connectivity index (χ3n) is 13.2. The Hall–Kier alpha value is -4.81. The smallest absolute Gasteiger partial charge is 0.319 e. The van der Waals surface area contributed by atoms with Crippen molar-refractivity contribution in [2.75, 3.05) is 50.9 Å². The molecule has 1 unspecified atom stereocenters. The summed E-state index contributed by atoms with van der Waals surface area (Å²) in [5.41, 5.74) is 0.433. The van der Waals surface area contributed by atoms with Crippen molar-refractivity contribution in [3.05, 3.63) is 115 Å². The number of rotatable bonds is 11. The standard InChI is InChI=1S/C47H51F2N5O3Si/c1-46(2,58(55,35-15-5-3-6-16-35)36-17-7-4-8-18-36)24-21-33-30-53(27-28-56-31-33)44-38-29-50-42(37-19-9-13-34-14-10-20-39(48)40(34)37)41(49)43(38)51-45(52-44)57-32-47-22-11-25-54(47)26-12-23-47/h3-10,13-20,29,33,55H,11-12,21-28,30-32H2,1-2H3. The number of fused-ring (bicyclic) bond motifs is 3. The van der Waals surface area contributed by atoms with Crippen LogP contribution in [-0.4, -0.2) is 84.5 Å². The average molecular weight is 800 g/mol. The van der Waals surface area contributed by atoms with E-state index in [1.807, 2.05) is 48.5 Å². The number of ether oxygens (including phenoxy) is 2. The molecule has 300 valence electrons. The molecule has 3 aliphatic rings. The zero-order valence-electron chi connectivity index (χ0n) is 33.3. The predicted molar refractivity (Wildman–Crippen MR) is 228 cm³/mol. The molecule has 2 aromatic heterocycles. The first-order valence-electron chi connectivity index (χ1n) is 20.7. The minimum absolute atomic E-state index is 0.0305. The molecule has 3 aliphatic heterocycles. The molecule has 0 bridgehead atoms. The average Bonchev–Trinajstić information content (AvgIpc) is 3.75. The van der Waals surface area contributed by atoms with E-state index in [1.54, 1.807) is 24.4 Å². The molecular formula is C47H51F2N5O3Si. The second-order valence-corrected chi connectivity index (χ2v) is 21.0. The Morgan fingerprint density at radius 1 is 0.879 bits per heavy atom. The van der Waals surface area contributed by atoms with Crippen molar-refractivity contribution in [1.29, 1.82) is 0 Å². The lowest BCUT2D eigenvalue weighted by Gasteiger charge is -2.42. The van der Waals surface area contributed by atoms with Gasteiger partial charge in [0.15, 0.2) is 5.82 Å². The van der Waals surface area contributed by atoms with Crippen LogP contribution in [0.5, 0.6) is 6.01 Å². The molecule has 0 saturated carbocycles. The lowest BCUT2D eigenvalue weighted by Crippen LogP contribution is -2.65. The molecule has 58 heavy (non-hydrogen) atoms. The summed E-state index contributed by atoms with van der Waals surface area (Å²) >= 11 is 0. The summed E-state index contributed by atoms with van der Waals surface area (Å²) in [6.07, 6.45) is 7.54. The van der Waals surface area contributed by atoms with E-state index in [0.29, 0.717) is 60.5 Å².